The maximum atomic E-state index is 13.2. The molecule has 90 valence electrons. The van der Waals surface area contributed by atoms with Crippen molar-refractivity contribution < 1.29 is 9.13 Å². The average molecular weight is 315 g/mol. The molecule has 0 aliphatic rings. The molecule has 1 aromatic heterocycles. The molecule has 0 aliphatic carbocycles. The quantitative estimate of drug-likeness (QED) is 0.743. The molecule has 17 heavy (non-hydrogen) atoms. The van der Waals surface area contributed by atoms with Crippen LogP contribution in [0.25, 0.3) is 0 Å². The molecule has 1 aromatic carbocycles. The number of rotatable bonds is 5. The van der Waals surface area contributed by atoms with Gasteiger partial charge in [-0.15, -0.1) is 0 Å². The molecule has 0 amide bonds. The molecular weight excluding hydrogens is 303 g/mol. The smallest absolute Gasteiger partial charge is 0.127 e. The number of hydrogen-bond acceptors (Lipinski definition) is 2. The molecule has 2 rings (SSSR count). The number of alkyl halides is 1. The summed E-state index contributed by atoms with van der Waals surface area (Å²) in [6.45, 7) is 0.571. The molecular formula is C13H12BrFOS. The van der Waals surface area contributed by atoms with Gasteiger partial charge in [0.25, 0.3) is 0 Å². The summed E-state index contributed by atoms with van der Waals surface area (Å²) in [5.41, 5.74) is 2.14. The second-order valence-electron chi connectivity index (χ2n) is 3.66. The molecule has 0 spiro atoms. The van der Waals surface area contributed by atoms with E-state index in [1.165, 1.54) is 17.7 Å². The first-order valence-corrected chi connectivity index (χ1v) is 7.33. The van der Waals surface area contributed by atoms with Crippen molar-refractivity contribution in [3.05, 3.63) is 52.0 Å². The lowest BCUT2D eigenvalue weighted by Gasteiger charge is -2.07. The highest BCUT2D eigenvalue weighted by molar-refractivity contribution is 9.08. The first-order valence-electron chi connectivity index (χ1n) is 5.27. The zero-order valence-corrected chi connectivity index (χ0v) is 11.6. The Morgan fingerprint density at radius 2 is 2.12 bits per heavy atom. The SMILES string of the molecule is Fc1cc(CBr)cc(OCCc2ccsc2)c1. The molecule has 0 radical (unpaired) electrons. The van der Waals surface area contributed by atoms with Gasteiger partial charge in [0.15, 0.2) is 0 Å². The summed E-state index contributed by atoms with van der Waals surface area (Å²) >= 11 is 4.98. The highest BCUT2D eigenvalue weighted by Gasteiger charge is 2.01. The van der Waals surface area contributed by atoms with E-state index in [0.717, 1.165) is 12.0 Å². The third-order valence-corrected chi connectivity index (χ3v) is 3.70. The molecule has 0 saturated heterocycles. The predicted molar refractivity (Wildman–Crippen MR) is 72.5 cm³/mol. The van der Waals surface area contributed by atoms with Crippen LogP contribution >= 0.6 is 27.3 Å². The summed E-state index contributed by atoms with van der Waals surface area (Å²) in [6.07, 6.45) is 0.851. The lowest BCUT2D eigenvalue weighted by molar-refractivity contribution is 0.320. The standard InChI is InChI=1S/C13H12BrFOS/c14-8-11-5-12(15)7-13(6-11)16-3-1-10-2-4-17-9-10/h2,4-7,9H,1,3,8H2. The lowest BCUT2D eigenvalue weighted by Crippen LogP contribution is -2.01. The molecule has 0 N–H and O–H groups in total. The lowest BCUT2D eigenvalue weighted by atomic mass is 10.2. The molecule has 1 nitrogen and oxygen atoms in total. The molecule has 4 heteroatoms. The third kappa shape index (κ3) is 3.82. The topological polar surface area (TPSA) is 9.23 Å². The average Bonchev–Trinajstić information content (AvgIpc) is 2.81. The van der Waals surface area contributed by atoms with Crippen LogP contribution in [0.3, 0.4) is 0 Å². The molecule has 2 aromatic rings. The Bertz CT molecular complexity index is 470. The number of hydrogen-bond donors (Lipinski definition) is 0. The summed E-state index contributed by atoms with van der Waals surface area (Å²) in [4.78, 5) is 0. The number of ether oxygens (including phenoxy) is 1. The van der Waals surface area contributed by atoms with E-state index < -0.39 is 0 Å². The second-order valence-corrected chi connectivity index (χ2v) is 5.00. The van der Waals surface area contributed by atoms with Crippen LogP contribution in [0.15, 0.2) is 35.0 Å². The molecule has 1 heterocycles. The van der Waals surface area contributed by atoms with Crippen LogP contribution in [-0.4, -0.2) is 6.61 Å². The van der Waals surface area contributed by atoms with Crippen LogP contribution in [0.5, 0.6) is 5.75 Å². The van der Waals surface area contributed by atoms with Gasteiger partial charge in [-0.3, -0.25) is 0 Å². The molecule has 0 fully saturated rings. The van der Waals surface area contributed by atoms with Gasteiger partial charge in [0, 0.05) is 17.8 Å². The van der Waals surface area contributed by atoms with E-state index in [1.54, 1.807) is 11.3 Å². The molecule has 0 saturated carbocycles. The van der Waals surface area contributed by atoms with Crippen molar-refractivity contribution in [1.29, 1.82) is 0 Å². The zero-order valence-electron chi connectivity index (χ0n) is 9.16. The molecule has 0 bridgehead atoms. The first kappa shape index (κ1) is 12.6. The highest BCUT2D eigenvalue weighted by Crippen LogP contribution is 2.18. The first-order chi connectivity index (χ1) is 8.28. The maximum Gasteiger partial charge on any atom is 0.127 e. The van der Waals surface area contributed by atoms with Crippen molar-refractivity contribution in [2.45, 2.75) is 11.8 Å². The number of benzene rings is 1. The monoisotopic (exact) mass is 314 g/mol. The van der Waals surface area contributed by atoms with Crippen molar-refractivity contribution in [2.24, 2.45) is 0 Å². The maximum absolute atomic E-state index is 13.2. The summed E-state index contributed by atoms with van der Waals surface area (Å²) in [5.74, 6) is 0.335. The van der Waals surface area contributed by atoms with Gasteiger partial charge in [-0.25, -0.2) is 4.39 Å². The van der Waals surface area contributed by atoms with Crippen LogP contribution in [0, 0.1) is 5.82 Å². The van der Waals surface area contributed by atoms with Gasteiger partial charge in [0.05, 0.1) is 6.61 Å². The van der Waals surface area contributed by atoms with Crippen molar-refractivity contribution in [1.82, 2.24) is 0 Å². The fourth-order valence-corrected chi connectivity index (χ4v) is 2.53. The van der Waals surface area contributed by atoms with E-state index in [-0.39, 0.29) is 5.82 Å². The van der Waals surface area contributed by atoms with Crippen LogP contribution in [0.1, 0.15) is 11.1 Å². The predicted octanol–water partition coefficient (Wildman–Crippen LogP) is 4.40. The van der Waals surface area contributed by atoms with Gasteiger partial charge in [0.1, 0.15) is 11.6 Å². The van der Waals surface area contributed by atoms with Gasteiger partial charge < -0.3 is 4.74 Å². The summed E-state index contributed by atoms with van der Waals surface area (Å²) in [6, 6.07) is 6.84. The van der Waals surface area contributed by atoms with Gasteiger partial charge in [-0.2, -0.15) is 11.3 Å². The van der Waals surface area contributed by atoms with Crippen LogP contribution in [0.4, 0.5) is 4.39 Å². The van der Waals surface area contributed by atoms with E-state index in [4.69, 9.17) is 4.74 Å². The fourth-order valence-electron chi connectivity index (χ4n) is 1.50. The summed E-state index contributed by atoms with van der Waals surface area (Å²) in [5, 5.41) is 4.77. The Balaban J connectivity index is 1.92. The van der Waals surface area contributed by atoms with Gasteiger partial charge in [0.2, 0.25) is 0 Å². The van der Waals surface area contributed by atoms with Crippen LogP contribution in [0.2, 0.25) is 0 Å². The van der Waals surface area contributed by atoms with Crippen molar-refractivity contribution in [2.75, 3.05) is 6.61 Å². The Hall–Kier alpha value is -0.870. The minimum atomic E-state index is -0.257. The number of thiophene rings is 1. The molecule has 0 unspecified atom stereocenters. The Morgan fingerprint density at radius 3 is 2.82 bits per heavy atom. The van der Waals surface area contributed by atoms with E-state index in [1.807, 2.05) is 11.4 Å². The number of halogens is 2. The van der Waals surface area contributed by atoms with Gasteiger partial charge in [-0.05, 0) is 40.1 Å². The van der Waals surface area contributed by atoms with E-state index in [9.17, 15) is 4.39 Å². The minimum absolute atomic E-state index is 0.257. The Morgan fingerprint density at radius 1 is 1.24 bits per heavy atom. The van der Waals surface area contributed by atoms with E-state index in [2.05, 4.69) is 27.4 Å². The molecule has 0 aliphatic heterocycles. The van der Waals surface area contributed by atoms with E-state index >= 15 is 0 Å². The fraction of sp³-hybridized carbons (Fsp3) is 0.231. The third-order valence-electron chi connectivity index (χ3n) is 2.32. The summed E-state index contributed by atoms with van der Waals surface area (Å²) < 4.78 is 18.8. The van der Waals surface area contributed by atoms with Gasteiger partial charge in [-0.1, -0.05) is 15.9 Å². The highest BCUT2D eigenvalue weighted by atomic mass is 79.9. The normalized spacial score (nSPS) is 10.5. The van der Waals surface area contributed by atoms with Crippen LogP contribution < -0.4 is 4.74 Å². The largest absolute Gasteiger partial charge is 0.493 e. The van der Waals surface area contributed by atoms with Crippen LogP contribution in [-0.2, 0) is 11.8 Å². The van der Waals surface area contributed by atoms with Crippen molar-refractivity contribution >= 4 is 27.3 Å². The summed E-state index contributed by atoms with van der Waals surface area (Å²) in [7, 11) is 0. The molecule has 0 atom stereocenters. The second kappa shape index (κ2) is 6.17. The van der Waals surface area contributed by atoms with Gasteiger partial charge >= 0.3 is 0 Å². The zero-order chi connectivity index (χ0) is 12.1. The Kier molecular flexibility index (Phi) is 4.57. The van der Waals surface area contributed by atoms with Crippen molar-refractivity contribution in [3.63, 3.8) is 0 Å². The Labute approximate surface area is 112 Å². The van der Waals surface area contributed by atoms with E-state index in [0.29, 0.717) is 17.7 Å². The van der Waals surface area contributed by atoms with Crippen molar-refractivity contribution in [3.8, 4) is 5.75 Å². The minimum Gasteiger partial charge on any atom is -0.493 e.